The Morgan fingerprint density at radius 1 is 0.579 bits per heavy atom. The van der Waals surface area contributed by atoms with Gasteiger partial charge in [0.25, 0.3) is 0 Å². The monoisotopic (exact) mass is 544 g/mol. The third-order valence-electron chi connectivity index (χ3n) is 8.12. The van der Waals surface area contributed by atoms with Crippen molar-refractivity contribution in [1.29, 1.82) is 0 Å². The van der Waals surface area contributed by atoms with Crippen molar-refractivity contribution in [2.45, 2.75) is 84.0 Å². The Morgan fingerprint density at radius 2 is 1.00 bits per heavy atom. The summed E-state index contributed by atoms with van der Waals surface area (Å²) >= 11 is 5.51. The van der Waals surface area contributed by atoms with Gasteiger partial charge in [-0.3, -0.25) is 0 Å². The van der Waals surface area contributed by atoms with Crippen LogP contribution < -0.4 is 0 Å². The van der Waals surface area contributed by atoms with Crippen LogP contribution in [0.25, 0.3) is 0 Å². The molecule has 3 aromatic rings. The summed E-state index contributed by atoms with van der Waals surface area (Å²) in [6.45, 7) is 2.21. The molecule has 204 valence electrons. The van der Waals surface area contributed by atoms with E-state index in [9.17, 15) is 17.6 Å². The van der Waals surface area contributed by atoms with Crippen LogP contribution in [0, 0.1) is 35.1 Å². The molecule has 1 fully saturated rings. The molecule has 0 saturated heterocycles. The molecule has 4 rings (SSSR count). The minimum atomic E-state index is -0.871. The zero-order chi connectivity index (χ0) is 27.1. The van der Waals surface area contributed by atoms with Crippen LogP contribution in [-0.2, 0) is 32.1 Å². The van der Waals surface area contributed by atoms with E-state index in [2.05, 4.69) is 31.2 Å². The van der Waals surface area contributed by atoms with E-state index < -0.39 is 28.3 Å². The highest BCUT2D eigenvalue weighted by Crippen LogP contribution is 2.34. The highest BCUT2D eigenvalue weighted by atomic mass is 35.5. The second-order valence-electron chi connectivity index (χ2n) is 10.9. The molecule has 0 bridgehead atoms. The van der Waals surface area contributed by atoms with Crippen molar-refractivity contribution in [2.24, 2.45) is 11.8 Å². The summed E-state index contributed by atoms with van der Waals surface area (Å²) < 4.78 is 56.8. The van der Waals surface area contributed by atoms with Gasteiger partial charge >= 0.3 is 0 Å². The predicted octanol–water partition coefficient (Wildman–Crippen LogP) is 10.0. The molecule has 0 nitrogen and oxygen atoms in total. The molecule has 0 aliphatic heterocycles. The fourth-order valence-corrected chi connectivity index (χ4v) is 5.88. The van der Waals surface area contributed by atoms with Gasteiger partial charge < -0.3 is 0 Å². The Labute approximate surface area is 229 Å². The molecule has 0 unspecified atom stereocenters. The van der Waals surface area contributed by atoms with Gasteiger partial charge in [0.2, 0.25) is 0 Å². The second kappa shape index (κ2) is 13.6. The van der Waals surface area contributed by atoms with E-state index in [4.69, 9.17) is 11.6 Å². The van der Waals surface area contributed by atoms with E-state index >= 15 is 0 Å². The van der Waals surface area contributed by atoms with Gasteiger partial charge in [0.15, 0.2) is 0 Å². The van der Waals surface area contributed by atoms with Crippen molar-refractivity contribution in [2.75, 3.05) is 0 Å². The fourth-order valence-electron chi connectivity index (χ4n) is 5.77. The van der Waals surface area contributed by atoms with Crippen molar-refractivity contribution in [3.8, 4) is 0 Å². The Morgan fingerprint density at radius 3 is 1.50 bits per heavy atom. The number of hydrogen-bond donors (Lipinski definition) is 0. The maximum atomic E-state index is 14.7. The van der Waals surface area contributed by atoms with Crippen LogP contribution in [-0.4, -0.2) is 0 Å². The van der Waals surface area contributed by atoms with Crippen molar-refractivity contribution in [3.63, 3.8) is 0 Å². The van der Waals surface area contributed by atoms with Crippen LogP contribution in [0.1, 0.15) is 79.7 Å². The maximum Gasteiger partial charge on any atom is 0.145 e. The third-order valence-corrected chi connectivity index (χ3v) is 8.48. The Hall–Kier alpha value is -2.33. The summed E-state index contributed by atoms with van der Waals surface area (Å²) in [5.41, 5.74) is 3.77. The molecule has 3 aromatic carbocycles. The Bertz CT molecular complexity index is 1150. The molecule has 0 aromatic heterocycles. The van der Waals surface area contributed by atoms with Crippen molar-refractivity contribution < 1.29 is 17.6 Å². The average molecular weight is 545 g/mol. The summed E-state index contributed by atoms with van der Waals surface area (Å²) in [4.78, 5) is 0. The van der Waals surface area contributed by atoms with Crippen LogP contribution in [0.5, 0.6) is 0 Å². The molecule has 0 amide bonds. The van der Waals surface area contributed by atoms with Gasteiger partial charge in [0.1, 0.15) is 28.3 Å². The lowest BCUT2D eigenvalue weighted by Crippen LogP contribution is -2.16. The number of aryl methyl sites for hydroxylation is 4. The molecule has 0 atom stereocenters. The minimum absolute atomic E-state index is 0.0192. The number of halogens is 5. The molecule has 0 heterocycles. The van der Waals surface area contributed by atoms with Gasteiger partial charge in [-0.1, -0.05) is 74.9 Å². The van der Waals surface area contributed by atoms with E-state index in [0.29, 0.717) is 23.5 Å². The van der Waals surface area contributed by atoms with Crippen LogP contribution in [0.3, 0.4) is 0 Å². The van der Waals surface area contributed by atoms with E-state index in [-0.39, 0.29) is 18.4 Å². The Kier molecular flexibility index (Phi) is 10.3. The zero-order valence-electron chi connectivity index (χ0n) is 22.1. The fraction of sp³-hybridized carbons (Fsp3) is 0.455. The molecular weight excluding hydrogens is 508 g/mol. The third kappa shape index (κ3) is 7.85. The van der Waals surface area contributed by atoms with Crippen molar-refractivity contribution in [1.82, 2.24) is 0 Å². The zero-order valence-corrected chi connectivity index (χ0v) is 22.9. The van der Waals surface area contributed by atoms with E-state index in [1.165, 1.54) is 61.8 Å². The summed E-state index contributed by atoms with van der Waals surface area (Å²) in [6, 6.07) is 14.1. The molecule has 1 saturated carbocycles. The summed E-state index contributed by atoms with van der Waals surface area (Å²) in [5, 5.41) is -0.572. The highest BCUT2D eigenvalue weighted by Gasteiger charge is 2.21. The molecule has 0 spiro atoms. The molecule has 0 N–H and O–H groups in total. The summed E-state index contributed by atoms with van der Waals surface area (Å²) in [6.07, 6.45) is 11.2. The van der Waals surface area contributed by atoms with E-state index in [1.54, 1.807) is 0 Å². The highest BCUT2D eigenvalue weighted by molar-refractivity contribution is 6.30. The van der Waals surface area contributed by atoms with E-state index in [0.717, 1.165) is 37.3 Å². The van der Waals surface area contributed by atoms with Gasteiger partial charge in [-0.05, 0) is 103 Å². The van der Waals surface area contributed by atoms with Crippen molar-refractivity contribution >= 4 is 11.6 Å². The SMILES string of the molecule is CCCc1ccc(CCC2CCC(CCc3cc(F)c(CCc4cc(F)c(Cl)c(F)c4)c(F)c3)CC2)cc1. The quantitative estimate of drug-likeness (QED) is 0.166. The summed E-state index contributed by atoms with van der Waals surface area (Å²) in [5.74, 6) is -1.57. The van der Waals surface area contributed by atoms with Gasteiger partial charge in [0, 0.05) is 5.56 Å². The molecule has 1 aliphatic carbocycles. The number of benzene rings is 3. The van der Waals surface area contributed by atoms with Crippen LogP contribution in [0.4, 0.5) is 17.6 Å². The van der Waals surface area contributed by atoms with Gasteiger partial charge in [-0.15, -0.1) is 0 Å². The van der Waals surface area contributed by atoms with Crippen LogP contribution in [0.2, 0.25) is 5.02 Å². The molecule has 1 aliphatic rings. The Balaban J connectivity index is 1.21. The van der Waals surface area contributed by atoms with Crippen LogP contribution >= 0.6 is 11.6 Å². The van der Waals surface area contributed by atoms with Gasteiger partial charge in [-0.25, -0.2) is 17.6 Å². The number of hydrogen-bond acceptors (Lipinski definition) is 0. The first-order chi connectivity index (χ1) is 18.3. The maximum absolute atomic E-state index is 14.7. The first kappa shape index (κ1) is 28.7. The lowest BCUT2D eigenvalue weighted by atomic mass is 9.77. The first-order valence-corrected chi connectivity index (χ1v) is 14.4. The topological polar surface area (TPSA) is 0 Å². The molecule has 38 heavy (non-hydrogen) atoms. The van der Waals surface area contributed by atoms with E-state index in [1.807, 2.05) is 0 Å². The molecule has 5 heteroatoms. The van der Waals surface area contributed by atoms with Crippen molar-refractivity contribution in [3.05, 3.63) is 105 Å². The lowest BCUT2D eigenvalue weighted by Gasteiger charge is -2.28. The largest absolute Gasteiger partial charge is 0.207 e. The lowest BCUT2D eigenvalue weighted by molar-refractivity contribution is 0.253. The average Bonchev–Trinajstić information content (AvgIpc) is 2.90. The smallest absolute Gasteiger partial charge is 0.145 e. The normalized spacial score (nSPS) is 17.6. The minimum Gasteiger partial charge on any atom is -0.207 e. The standard InChI is InChI=1S/C33H37ClF4/c1-2-3-22-4-6-23(7-5-22)8-9-24-10-12-25(13-11-24)14-15-26-18-29(35)28(30(36)19-26)17-16-27-20-31(37)33(34)32(38)21-27/h4-7,18-21,24-25H,2-3,8-17H2,1H3. The van der Waals surface area contributed by atoms with Gasteiger partial charge in [0.05, 0.1) is 0 Å². The summed E-state index contributed by atoms with van der Waals surface area (Å²) in [7, 11) is 0. The predicted molar refractivity (Wildman–Crippen MR) is 148 cm³/mol. The van der Waals surface area contributed by atoms with Gasteiger partial charge in [-0.2, -0.15) is 0 Å². The number of rotatable bonds is 11. The van der Waals surface area contributed by atoms with Crippen LogP contribution in [0.15, 0.2) is 48.5 Å². The second-order valence-corrected chi connectivity index (χ2v) is 11.3. The molecular formula is C33H37ClF4. The molecule has 0 radical (unpaired) electrons. The first-order valence-electron chi connectivity index (χ1n) is 14.0.